The van der Waals surface area contributed by atoms with Crippen molar-refractivity contribution in [3.8, 4) is 0 Å². The molecule has 0 aromatic rings. The number of likely N-dealkylation sites (N-methyl/N-ethyl adjacent to an activating group) is 1. The van der Waals surface area contributed by atoms with E-state index >= 15 is 0 Å². The van der Waals surface area contributed by atoms with E-state index in [1.165, 1.54) is 7.11 Å². The number of esters is 1. The maximum absolute atomic E-state index is 12.1. The Bertz CT molecular complexity index is 337. The fraction of sp³-hybridized carbons (Fsp3) is 0.867. The summed E-state index contributed by atoms with van der Waals surface area (Å²) in [6.07, 6.45) is 0.538. The Balaban J connectivity index is 4.57. The molecule has 0 aromatic heterocycles. The van der Waals surface area contributed by atoms with Gasteiger partial charge in [-0.2, -0.15) is 0 Å². The van der Waals surface area contributed by atoms with E-state index in [0.717, 1.165) is 0 Å². The first-order valence-electron chi connectivity index (χ1n) is 7.41. The second kappa shape index (κ2) is 9.00. The Morgan fingerprint density at radius 2 is 1.90 bits per heavy atom. The fourth-order valence-corrected chi connectivity index (χ4v) is 2.10. The number of amides is 1. The van der Waals surface area contributed by atoms with Gasteiger partial charge >= 0.3 is 5.97 Å². The minimum absolute atomic E-state index is 0.145. The number of nitrogens with one attached hydrogen (secondary N) is 1. The van der Waals surface area contributed by atoms with Crippen LogP contribution in [0.5, 0.6) is 0 Å². The van der Waals surface area contributed by atoms with Crippen molar-refractivity contribution in [2.24, 2.45) is 5.92 Å². The molecule has 0 saturated carbocycles. The number of carbonyl (C=O) groups excluding carboxylic acids is 2. The molecule has 0 aliphatic carbocycles. The zero-order chi connectivity index (χ0) is 16.6. The third-order valence-corrected chi connectivity index (χ3v) is 2.95. The molecule has 0 saturated heterocycles. The third-order valence-electron chi connectivity index (χ3n) is 2.95. The van der Waals surface area contributed by atoms with Gasteiger partial charge in [-0.3, -0.25) is 9.69 Å². The number of nitrogens with zero attached hydrogens (tertiary/aromatic N) is 1. The summed E-state index contributed by atoms with van der Waals surface area (Å²) in [6.45, 7) is 10.5. The van der Waals surface area contributed by atoms with Crippen LogP contribution in [-0.4, -0.2) is 60.3 Å². The van der Waals surface area contributed by atoms with Gasteiger partial charge in [-0.1, -0.05) is 20.8 Å². The molecule has 6 nitrogen and oxygen atoms in total. The Morgan fingerprint density at radius 1 is 1.33 bits per heavy atom. The molecule has 124 valence electrons. The van der Waals surface area contributed by atoms with Gasteiger partial charge in [-0.25, -0.2) is 4.79 Å². The smallest absolute Gasteiger partial charge is 0.328 e. The zero-order valence-corrected chi connectivity index (χ0v) is 14.1. The van der Waals surface area contributed by atoms with E-state index in [1.54, 1.807) is 13.8 Å². The number of hydrogen-bond acceptors (Lipinski definition) is 5. The van der Waals surface area contributed by atoms with E-state index < -0.39 is 17.6 Å². The van der Waals surface area contributed by atoms with Gasteiger partial charge in [-0.05, 0) is 32.7 Å². The fourth-order valence-electron chi connectivity index (χ4n) is 2.10. The summed E-state index contributed by atoms with van der Waals surface area (Å²) < 4.78 is 4.72. The summed E-state index contributed by atoms with van der Waals surface area (Å²) in [5.74, 6) is -0.396. The molecular weight excluding hydrogens is 272 g/mol. The quantitative estimate of drug-likeness (QED) is 0.616. The lowest BCUT2D eigenvalue weighted by Crippen LogP contribution is -2.48. The summed E-state index contributed by atoms with van der Waals surface area (Å²) in [5.41, 5.74) is -0.865. The van der Waals surface area contributed by atoms with E-state index in [1.807, 2.05) is 25.7 Å². The maximum atomic E-state index is 12.1. The molecule has 0 rings (SSSR count). The molecule has 0 aliphatic heterocycles. The normalized spacial score (nSPS) is 13.4. The Morgan fingerprint density at radius 3 is 2.29 bits per heavy atom. The van der Waals surface area contributed by atoms with Crippen molar-refractivity contribution < 1.29 is 19.4 Å². The molecule has 0 spiro atoms. The molecule has 0 bridgehead atoms. The van der Waals surface area contributed by atoms with Crippen LogP contribution in [0.4, 0.5) is 0 Å². The van der Waals surface area contributed by atoms with E-state index in [4.69, 9.17) is 4.74 Å². The third kappa shape index (κ3) is 9.42. The minimum Gasteiger partial charge on any atom is -0.467 e. The van der Waals surface area contributed by atoms with Crippen LogP contribution in [-0.2, 0) is 14.3 Å². The first kappa shape index (κ1) is 19.9. The van der Waals surface area contributed by atoms with Crippen molar-refractivity contribution in [3.05, 3.63) is 0 Å². The van der Waals surface area contributed by atoms with Crippen LogP contribution in [0.1, 0.15) is 41.0 Å². The van der Waals surface area contributed by atoms with E-state index in [9.17, 15) is 14.7 Å². The number of methoxy groups -OCH3 is 1. The summed E-state index contributed by atoms with van der Waals surface area (Å²) in [7, 11) is 1.31. The maximum Gasteiger partial charge on any atom is 0.328 e. The average Bonchev–Trinajstić information content (AvgIpc) is 2.33. The van der Waals surface area contributed by atoms with Crippen LogP contribution in [0.15, 0.2) is 0 Å². The zero-order valence-electron chi connectivity index (χ0n) is 14.1. The predicted molar refractivity (Wildman–Crippen MR) is 81.8 cm³/mol. The summed E-state index contributed by atoms with van der Waals surface area (Å²) in [5, 5.41) is 12.5. The van der Waals surface area contributed by atoms with Gasteiger partial charge in [0.05, 0.1) is 19.3 Å². The average molecular weight is 302 g/mol. The number of aliphatic hydroxyl groups is 1. The summed E-state index contributed by atoms with van der Waals surface area (Å²) in [6, 6.07) is -0.622. The van der Waals surface area contributed by atoms with Crippen molar-refractivity contribution in [1.82, 2.24) is 10.2 Å². The van der Waals surface area contributed by atoms with Crippen molar-refractivity contribution in [2.75, 3.05) is 26.7 Å². The van der Waals surface area contributed by atoms with Gasteiger partial charge in [0.15, 0.2) is 0 Å². The molecule has 1 unspecified atom stereocenters. The topological polar surface area (TPSA) is 78.9 Å². The Labute approximate surface area is 127 Å². The lowest BCUT2D eigenvalue weighted by Gasteiger charge is -2.28. The van der Waals surface area contributed by atoms with Gasteiger partial charge in [0.1, 0.15) is 6.04 Å². The predicted octanol–water partition coefficient (Wildman–Crippen LogP) is 0.783. The lowest BCUT2D eigenvalue weighted by atomic mass is 10.0. The molecule has 21 heavy (non-hydrogen) atoms. The molecule has 0 heterocycles. The second-order valence-corrected chi connectivity index (χ2v) is 6.39. The SMILES string of the molecule is CCN(CC(=O)NC(CC(C)C)C(=O)OC)CC(C)(C)O. The van der Waals surface area contributed by atoms with Crippen molar-refractivity contribution >= 4 is 11.9 Å². The van der Waals surface area contributed by atoms with Gasteiger partial charge < -0.3 is 15.2 Å². The first-order chi connectivity index (χ1) is 9.58. The van der Waals surface area contributed by atoms with E-state index in [0.29, 0.717) is 19.5 Å². The Hall–Kier alpha value is -1.14. The highest BCUT2D eigenvalue weighted by molar-refractivity contribution is 5.85. The van der Waals surface area contributed by atoms with Gasteiger partial charge in [0.25, 0.3) is 0 Å². The Kier molecular flexibility index (Phi) is 8.51. The number of ether oxygens (including phenoxy) is 1. The molecular formula is C15H30N2O4. The molecule has 0 aliphatic rings. The van der Waals surface area contributed by atoms with E-state index in [2.05, 4.69) is 5.32 Å². The summed E-state index contributed by atoms with van der Waals surface area (Å²) >= 11 is 0. The molecule has 0 aromatic carbocycles. The van der Waals surface area contributed by atoms with Crippen LogP contribution in [0.2, 0.25) is 0 Å². The first-order valence-corrected chi connectivity index (χ1v) is 7.41. The molecule has 1 amide bonds. The number of carbonyl (C=O) groups is 2. The molecule has 2 N–H and O–H groups in total. The monoisotopic (exact) mass is 302 g/mol. The van der Waals surface area contributed by atoms with Crippen molar-refractivity contribution in [1.29, 1.82) is 0 Å². The summed E-state index contributed by atoms with van der Waals surface area (Å²) in [4.78, 5) is 25.6. The highest BCUT2D eigenvalue weighted by atomic mass is 16.5. The van der Waals surface area contributed by atoms with Crippen LogP contribution >= 0.6 is 0 Å². The highest BCUT2D eigenvalue weighted by Gasteiger charge is 2.24. The lowest BCUT2D eigenvalue weighted by molar-refractivity contribution is -0.145. The largest absolute Gasteiger partial charge is 0.467 e. The molecule has 0 fully saturated rings. The number of rotatable bonds is 9. The van der Waals surface area contributed by atoms with Crippen LogP contribution in [0.3, 0.4) is 0 Å². The van der Waals surface area contributed by atoms with Gasteiger partial charge in [-0.15, -0.1) is 0 Å². The van der Waals surface area contributed by atoms with Gasteiger partial charge in [0.2, 0.25) is 5.91 Å². The molecule has 6 heteroatoms. The second-order valence-electron chi connectivity index (χ2n) is 6.39. The van der Waals surface area contributed by atoms with Crippen LogP contribution in [0, 0.1) is 5.92 Å². The van der Waals surface area contributed by atoms with Crippen molar-refractivity contribution in [3.63, 3.8) is 0 Å². The van der Waals surface area contributed by atoms with Crippen LogP contribution < -0.4 is 5.32 Å². The molecule has 0 radical (unpaired) electrons. The van der Waals surface area contributed by atoms with Gasteiger partial charge in [0, 0.05) is 6.54 Å². The van der Waals surface area contributed by atoms with E-state index in [-0.39, 0.29) is 18.4 Å². The molecule has 1 atom stereocenters. The number of hydrogen-bond donors (Lipinski definition) is 2. The van der Waals surface area contributed by atoms with Crippen LogP contribution in [0.25, 0.3) is 0 Å². The standard InChI is InChI=1S/C15H30N2O4/c1-7-17(10-15(4,5)20)9-13(18)16-12(8-11(2)3)14(19)21-6/h11-12,20H,7-10H2,1-6H3,(H,16,18). The minimum atomic E-state index is -0.865. The van der Waals surface area contributed by atoms with Crippen molar-refractivity contribution in [2.45, 2.75) is 52.7 Å². The highest BCUT2D eigenvalue weighted by Crippen LogP contribution is 2.07.